The molecule has 0 spiro atoms. The van der Waals surface area contributed by atoms with Crippen LogP contribution in [0.15, 0.2) is 12.1 Å². The molecule has 0 bridgehead atoms. The number of hydrogen-bond donors (Lipinski definition) is 0. The summed E-state index contributed by atoms with van der Waals surface area (Å²) in [4.78, 5) is 0. The van der Waals surface area contributed by atoms with Gasteiger partial charge >= 0.3 is 6.18 Å². The highest BCUT2D eigenvalue weighted by Gasteiger charge is 2.32. The molecule has 0 atom stereocenters. The van der Waals surface area contributed by atoms with E-state index in [1.165, 1.54) is 13.0 Å². The first kappa shape index (κ1) is 13.2. The molecule has 1 rings (SSSR count). The molecule has 0 aliphatic carbocycles. The standard InChI is InChI=1S/C10H11F3.Si/c1-6-4-5-9(10(11,12)13)8(3)7(6)2;/h4-5H,1-3H3;. The topological polar surface area (TPSA) is 0 Å². The van der Waals surface area contributed by atoms with Crippen LogP contribution in [0.5, 0.6) is 0 Å². The number of halogens is 3. The first-order valence-corrected chi connectivity index (χ1v) is 3.98. The predicted octanol–water partition coefficient (Wildman–Crippen LogP) is 3.25. The van der Waals surface area contributed by atoms with E-state index in [2.05, 4.69) is 0 Å². The Balaban J connectivity index is 0.00000169. The van der Waals surface area contributed by atoms with Crippen LogP contribution >= 0.6 is 0 Å². The summed E-state index contributed by atoms with van der Waals surface area (Å²) in [5.74, 6) is 0. The Morgan fingerprint density at radius 2 is 1.43 bits per heavy atom. The van der Waals surface area contributed by atoms with Crippen molar-refractivity contribution in [2.45, 2.75) is 26.9 Å². The molecule has 0 unspecified atom stereocenters. The second-order valence-electron chi connectivity index (χ2n) is 3.18. The van der Waals surface area contributed by atoms with Crippen molar-refractivity contribution in [3.8, 4) is 0 Å². The highest BCUT2D eigenvalue weighted by atomic mass is 28.1. The zero-order valence-electron chi connectivity index (χ0n) is 8.29. The Bertz CT molecular complexity index is 329. The molecule has 0 saturated heterocycles. The van der Waals surface area contributed by atoms with Gasteiger partial charge in [0, 0.05) is 11.0 Å². The minimum Gasteiger partial charge on any atom is -0.166 e. The molecule has 0 N–H and O–H groups in total. The lowest BCUT2D eigenvalue weighted by atomic mass is 9.99. The van der Waals surface area contributed by atoms with Crippen LogP contribution in [0.1, 0.15) is 22.3 Å². The molecule has 1 aromatic carbocycles. The third-order valence-electron chi connectivity index (χ3n) is 2.36. The summed E-state index contributed by atoms with van der Waals surface area (Å²) < 4.78 is 37.1. The van der Waals surface area contributed by atoms with Crippen LogP contribution in [0.25, 0.3) is 0 Å². The van der Waals surface area contributed by atoms with Gasteiger partial charge in [-0.2, -0.15) is 13.2 Å². The van der Waals surface area contributed by atoms with Crippen LogP contribution < -0.4 is 0 Å². The molecule has 4 heteroatoms. The molecular formula is C10H11F3Si. The molecular weight excluding hydrogens is 205 g/mol. The van der Waals surface area contributed by atoms with E-state index in [-0.39, 0.29) is 11.0 Å². The molecule has 0 nitrogen and oxygen atoms in total. The fraction of sp³-hybridized carbons (Fsp3) is 0.400. The maximum atomic E-state index is 12.4. The number of aryl methyl sites for hydroxylation is 1. The Labute approximate surface area is 86.2 Å². The lowest BCUT2D eigenvalue weighted by Crippen LogP contribution is -2.08. The molecule has 4 radical (unpaired) electrons. The number of alkyl halides is 3. The molecule has 14 heavy (non-hydrogen) atoms. The highest BCUT2D eigenvalue weighted by Crippen LogP contribution is 2.33. The third kappa shape index (κ3) is 2.38. The van der Waals surface area contributed by atoms with Gasteiger partial charge in [0.05, 0.1) is 5.56 Å². The van der Waals surface area contributed by atoms with Gasteiger partial charge in [-0.25, -0.2) is 0 Å². The smallest absolute Gasteiger partial charge is 0.166 e. The fourth-order valence-electron chi connectivity index (χ4n) is 1.26. The summed E-state index contributed by atoms with van der Waals surface area (Å²) in [6.45, 7) is 5.02. The van der Waals surface area contributed by atoms with Crippen LogP contribution in [-0.2, 0) is 6.18 Å². The molecule has 1 aromatic rings. The largest absolute Gasteiger partial charge is 0.416 e. The summed E-state index contributed by atoms with van der Waals surface area (Å²) in [7, 11) is 0. The minimum atomic E-state index is -4.23. The van der Waals surface area contributed by atoms with E-state index in [1.807, 2.05) is 6.92 Å². The van der Waals surface area contributed by atoms with Crippen molar-refractivity contribution >= 4 is 11.0 Å². The number of benzene rings is 1. The van der Waals surface area contributed by atoms with Crippen molar-refractivity contribution in [3.63, 3.8) is 0 Å². The van der Waals surface area contributed by atoms with E-state index < -0.39 is 11.7 Å². The molecule has 0 heterocycles. The average Bonchev–Trinajstić information content (AvgIpc) is 1.98. The lowest BCUT2D eigenvalue weighted by molar-refractivity contribution is -0.138. The van der Waals surface area contributed by atoms with Crippen molar-refractivity contribution in [1.82, 2.24) is 0 Å². The molecule has 0 aliphatic rings. The second-order valence-corrected chi connectivity index (χ2v) is 3.18. The van der Waals surface area contributed by atoms with E-state index in [1.54, 1.807) is 6.92 Å². The van der Waals surface area contributed by atoms with E-state index in [0.717, 1.165) is 17.2 Å². The van der Waals surface area contributed by atoms with Crippen LogP contribution in [-0.4, -0.2) is 11.0 Å². The normalized spacial score (nSPS) is 11.0. The lowest BCUT2D eigenvalue weighted by Gasteiger charge is -2.13. The van der Waals surface area contributed by atoms with Gasteiger partial charge in [-0.15, -0.1) is 0 Å². The van der Waals surface area contributed by atoms with Gasteiger partial charge in [0.2, 0.25) is 0 Å². The number of rotatable bonds is 0. The van der Waals surface area contributed by atoms with Gasteiger partial charge in [0.1, 0.15) is 0 Å². The Morgan fingerprint density at radius 3 is 1.86 bits per heavy atom. The third-order valence-corrected chi connectivity index (χ3v) is 2.36. The summed E-state index contributed by atoms with van der Waals surface area (Å²) >= 11 is 0. The van der Waals surface area contributed by atoms with Gasteiger partial charge in [0.15, 0.2) is 0 Å². The van der Waals surface area contributed by atoms with E-state index >= 15 is 0 Å². The van der Waals surface area contributed by atoms with Crippen molar-refractivity contribution in [1.29, 1.82) is 0 Å². The van der Waals surface area contributed by atoms with Crippen molar-refractivity contribution in [2.75, 3.05) is 0 Å². The van der Waals surface area contributed by atoms with Crippen LogP contribution in [0.4, 0.5) is 13.2 Å². The molecule has 0 aromatic heterocycles. The van der Waals surface area contributed by atoms with Crippen LogP contribution in [0.3, 0.4) is 0 Å². The molecule has 76 valence electrons. The van der Waals surface area contributed by atoms with Gasteiger partial charge < -0.3 is 0 Å². The Morgan fingerprint density at radius 1 is 0.929 bits per heavy atom. The minimum absolute atomic E-state index is 0. The van der Waals surface area contributed by atoms with Crippen molar-refractivity contribution in [3.05, 3.63) is 34.4 Å². The second kappa shape index (κ2) is 4.17. The summed E-state index contributed by atoms with van der Waals surface area (Å²) in [5.41, 5.74) is 1.41. The van der Waals surface area contributed by atoms with E-state index in [4.69, 9.17) is 0 Å². The fourth-order valence-corrected chi connectivity index (χ4v) is 1.26. The maximum Gasteiger partial charge on any atom is 0.416 e. The summed E-state index contributed by atoms with van der Waals surface area (Å²) in [6.07, 6.45) is -4.23. The van der Waals surface area contributed by atoms with Crippen molar-refractivity contribution < 1.29 is 13.2 Å². The molecule has 0 saturated carbocycles. The highest BCUT2D eigenvalue weighted by molar-refractivity contribution is 5.75. The molecule has 0 aliphatic heterocycles. The van der Waals surface area contributed by atoms with Crippen LogP contribution in [0.2, 0.25) is 0 Å². The number of hydrogen-bond acceptors (Lipinski definition) is 0. The monoisotopic (exact) mass is 216 g/mol. The molecule has 0 amide bonds. The predicted molar refractivity (Wildman–Crippen MR) is 51.4 cm³/mol. The van der Waals surface area contributed by atoms with Gasteiger partial charge in [-0.3, -0.25) is 0 Å². The van der Waals surface area contributed by atoms with Gasteiger partial charge in [0.25, 0.3) is 0 Å². The summed E-state index contributed by atoms with van der Waals surface area (Å²) in [6, 6.07) is 2.64. The SMILES string of the molecule is Cc1ccc(C(F)(F)F)c(C)c1C.[Si]. The Hall–Kier alpha value is -0.773. The van der Waals surface area contributed by atoms with E-state index in [9.17, 15) is 13.2 Å². The average molecular weight is 216 g/mol. The zero-order chi connectivity index (χ0) is 10.2. The Kier molecular flexibility index (Phi) is 3.94. The zero-order valence-corrected chi connectivity index (χ0v) is 9.29. The summed E-state index contributed by atoms with van der Waals surface area (Å²) in [5, 5.41) is 0. The molecule has 0 fully saturated rings. The quantitative estimate of drug-likeness (QED) is 0.584. The maximum absolute atomic E-state index is 12.4. The van der Waals surface area contributed by atoms with E-state index in [0.29, 0.717) is 5.56 Å². The van der Waals surface area contributed by atoms with Crippen molar-refractivity contribution in [2.24, 2.45) is 0 Å². The van der Waals surface area contributed by atoms with Gasteiger partial charge in [-0.1, -0.05) is 6.07 Å². The van der Waals surface area contributed by atoms with Crippen LogP contribution in [0, 0.1) is 20.8 Å². The van der Waals surface area contributed by atoms with Gasteiger partial charge in [-0.05, 0) is 43.5 Å². The first-order valence-electron chi connectivity index (χ1n) is 3.98. The first-order chi connectivity index (χ1) is 5.84.